The number of aliphatic hydroxyl groups is 1. The van der Waals surface area contributed by atoms with Gasteiger partial charge in [-0.2, -0.15) is 0 Å². The summed E-state index contributed by atoms with van der Waals surface area (Å²) < 4.78 is 5.44. The Labute approximate surface area is 114 Å². The van der Waals surface area contributed by atoms with Crippen LogP contribution in [0.15, 0.2) is 12.1 Å². The Kier molecular flexibility index (Phi) is 4.95. The van der Waals surface area contributed by atoms with Gasteiger partial charge in [0, 0.05) is 12.1 Å². The number of methoxy groups -OCH3 is 1. The Hall–Kier alpha value is -1.55. The molecule has 1 rings (SSSR count). The highest BCUT2D eigenvalue weighted by atomic mass is 16.5. The Bertz CT molecular complexity index is 461. The van der Waals surface area contributed by atoms with Gasteiger partial charge in [0.05, 0.1) is 19.3 Å². The highest BCUT2D eigenvalue weighted by Crippen LogP contribution is 2.35. The first kappa shape index (κ1) is 15.5. The number of aryl methyl sites for hydroxylation is 1. The van der Waals surface area contributed by atoms with Gasteiger partial charge >= 0.3 is 0 Å². The van der Waals surface area contributed by atoms with E-state index in [1.807, 2.05) is 13.0 Å². The number of ether oxygens (including phenoxy) is 1. The highest BCUT2D eigenvalue weighted by Gasteiger charge is 2.24. The summed E-state index contributed by atoms with van der Waals surface area (Å²) in [7, 11) is 1.57. The van der Waals surface area contributed by atoms with Gasteiger partial charge in [-0.25, -0.2) is 0 Å². The van der Waals surface area contributed by atoms with Crippen molar-refractivity contribution in [1.82, 2.24) is 5.32 Å². The number of aliphatic hydroxyl groups excluding tert-OH is 1. The molecule has 0 saturated carbocycles. The van der Waals surface area contributed by atoms with Gasteiger partial charge in [-0.05, 0) is 24.0 Å². The smallest absolute Gasteiger partial charge is 0.255 e. The molecule has 1 aromatic rings. The minimum atomic E-state index is -0.222. The van der Waals surface area contributed by atoms with Crippen LogP contribution in [0, 0.1) is 6.92 Å². The van der Waals surface area contributed by atoms with Crippen molar-refractivity contribution in [2.24, 2.45) is 0 Å². The molecule has 0 aromatic heterocycles. The molecule has 2 N–H and O–H groups in total. The van der Waals surface area contributed by atoms with Crippen LogP contribution < -0.4 is 10.1 Å². The number of hydrogen-bond donors (Lipinski definition) is 2. The van der Waals surface area contributed by atoms with Crippen LogP contribution in [-0.4, -0.2) is 31.3 Å². The summed E-state index contributed by atoms with van der Waals surface area (Å²) in [6.07, 6.45) is 0. The topological polar surface area (TPSA) is 58.6 Å². The van der Waals surface area contributed by atoms with Crippen LogP contribution >= 0.6 is 0 Å². The Morgan fingerprint density at radius 2 is 2.00 bits per heavy atom. The first-order valence-corrected chi connectivity index (χ1v) is 6.39. The lowest BCUT2D eigenvalue weighted by Gasteiger charge is -2.24. The van der Waals surface area contributed by atoms with E-state index in [1.54, 1.807) is 13.2 Å². The van der Waals surface area contributed by atoms with Crippen molar-refractivity contribution in [3.8, 4) is 5.75 Å². The quantitative estimate of drug-likeness (QED) is 0.875. The summed E-state index contributed by atoms with van der Waals surface area (Å²) in [6, 6.07) is 3.85. The van der Waals surface area contributed by atoms with Crippen LogP contribution in [0.1, 0.15) is 42.3 Å². The number of amides is 1. The number of carbonyl (C=O) groups excluding carboxylic acids is 1. The molecule has 0 unspecified atom stereocenters. The van der Waals surface area contributed by atoms with Gasteiger partial charge in [0.15, 0.2) is 0 Å². The fourth-order valence-corrected chi connectivity index (χ4v) is 1.98. The van der Waals surface area contributed by atoms with Crippen LogP contribution in [0.2, 0.25) is 0 Å². The molecule has 0 aliphatic rings. The number of carbonyl (C=O) groups is 1. The first-order chi connectivity index (χ1) is 8.81. The molecule has 0 heterocycles. The van der Waals surface area contributed by atoms with E-state index in [1.165, 1.54) is 0 Å². The standard InChI is InChI=1S/C15H23NO3/c1-10-8-11(14(18)16-6-7-17)13(19-5)12(9-10)15(2,3)4/h8-9,17H,6-7H2,1-5H3,(H,16,18). The van der Waals surface area contributed by atoms with Crippen LogP contribution in [0.3, 0.4) is 0 Å². The molecule has 0 atom stereocenters. The lowest BCUT2D eigenvalue weighted by atomic mass is 9.84. The molecule has 0 spiro atoms. The molecule has 0 saturated heterocycles. The number of nitrogens with one attached hydrogen (secondary N) is 1. The third kappa shape index (κ3) is 3.70. The van der Waals surface area contributed by atoms with Crippen molar-refractivity contribution >= 4 is 5.91 Å². The maximum Gasteiger partial charge on any atom is 0.255 e. The van der Waals surface area contributed by atoms with Gasteiger partial charge in [0.1, 0.15) is 5.75 Å². The van der Waals surface area contributed by atoms with E-state index in [9.17, 15) is 4.79 Å². The predicted molar refractivity (Wildman–Crippen MR) is 75.9 cm³/mol. The van der Waals surface area contributed by atoms with Crippen molar-refractivity contribution in [2.75, 3.05) is 20.3 Å². The molecule has 4 nitrogen and oxygen atoms in total. The summed E-state index contributed by atoms with van der Waals surface area (Å²) in [5.41, 5.74) is 2.42. The SMILES string of the molecule is COc1c(C(=O)NCCO)cc(C)cc1C(C)(C)C. The summed E-state index contributed by atoms with van der Waals surface area (Å²) in [4.78, 5) is 12.1. The number of hydrogen-bond acceptors (Lipinski definition) is 3. The fourth-order valence-electron chi connectivity index (χ4n) is 1.98. The second kappa shape index (κ2) is 6.06. The molecule has 0 aliphatic carbocycles. The lowest BCUT2D eigenvalue weighted by molar-refractivity contribution is 0.0941. The molecular weight excluding hydrogens is 242 g/mol. The average Bonchev–Trinajstić information content (AvgIpc) is 2.33. The van der Waals surface area contributed by atoms with Gasteiger partial charge < -0.3 is 15.2 Å². The van der Waals surface area contributed by atoms with Crippen molar-refractivity contribution in [2.45, 2.75) is 33.1 Å². The van der Waals surface area contributed by atoms with Crippen molar-refractivity contribution in [3.05, 3.63) is 28.8 Å². The van der Waals surface area contributed by atoms with E-state index in [4.69, 9.17) is 9.84 Å². The molecule has 19 heavy (non-hydrogen) atoms. The molecule has 4 heteroatoms. The number of benzene rings is 1. The number of rotatable bonds is 4. The third-order valence-corrected chi connectivity index (χ3v) is 2.89. The van der Waals surface area contributed by atoms with Crippen molar-refractivity contribution in [1.29, 1.82) is 0 Å². The fraction of sp³-hybridized carbons (Fsp3) is 0.533. The zero-order valence-corrected chi connectivity index (χ0v) is 12.3. The van der Waals surface area contributed by atoms with Gasteiger partial charge in [-0.3, -0.25) is 4.79 Å². The van der Waals surface area contributed by atoms with E-state index in [0.717, 1.165) is 11.1 Å². The maximum atomic E-state index is 12.1. The van der Waals surface area contributed by atoms with Gasteiger partial charge in [-0.1, -0.05) is 26.8 Å². The van der Waals surface area contributed by atoms with Gasteiger partial charge in [-0.15, -0.1) is 0 Å². The molecule has 1 aromatic carbocycles. The molecule has 0 fully saturated rings. The van der Waals surface area contributed by atoms with Crippen LogP contribution in [0.25, 0.3) is 0 Å². The summed E-state index contributed by atoms with van der Waals surface area (Å²) in [6.45, 7) is 8.36. The minimum Gasteiger partial charge on any atom is -0.496 e. The zero-order chi connectivity index (χ0) is 14.6. The largest absolute Gasteiger partial charge is 0.496 e. The molecule has 0 radical (unpaired) electrons. The molecular formula is C15H23NO3. The third-order valence-electron chi connectivity index (χ3n) is 2.89. The monoisotopic (exact) mass is 265 g/mol. The van der Waals surface area contributed by atoms with E-state index in [0.29, 0.717) is 11.3 Å². The Morgan fingerprint density at radius 3 is 2.47 bits per heavy atom. The predicted octanol–water partition coefficient (Wildman–Crippen LogP) is 2.02. The molecule has 1 amide bonds. The second-order valence-corrected chi connectivity index (χ2v) is 5.62. The van der Waals surface area contributed by atoms with Crippen LogP contribution in [0.4, 0.5) is 0 Å². The Morgan fingerprint density at radius 1 is 1.37 bits per heavy atom. The van der Waals surface area contributed by atoms with Crippen LogP contribution in [-0.2, 0) is 5.41 Å². The maximum absolute atomic E-state index is 12.1. The molecule has 0 bridgehead atoms. The van der Waals surface area contributed by atoms with E-state index < -0.39 is 0 Å². The zero-order valence-electron chi connectivity index (χ0n) is 12.3. The van der Waals surface area contributed by atoms with Crippen molar-refractivity contribution in [3.63, 3.8) is 0 Å². The van der Waals surface area contributed by atoms with E-state index in [2.05, 4.69) is 26.1 Å². The molecule has 0 aliphatic heterocycles. The van der Waals surface area contributed by atoms with Crippen LogP contribution in [0.5, 0.6) is 5.75 Å². The van der Waals surface area contributed by atoms with Crippen molar-refractivity contribution < 1.29 is 14.6 Å². The lowest BCUT2D eigenvalue weighted by Crippen LogP contribution is -2.27. The van der Waals surface area contributed by atoms with Gasteiger partial charge in [0.25, 0.3) is 5.91 Å². The summed E-state index contributed by atoms with van der Waals surface area (Å²) in [5.74, 6) is 0.383. The Balaban J connectivity index is 3.31. The normalized spacial score (nSPS) is 11.3. The summed E-state index contributed by atoms with van der Waals surface area (Å²) >= 11 is 0. The average molecular weight is 265 g/mol. The highest BCUT2D eigenvalue weighted by molar-refractivity contribution is 5.97. The van der Waals surface area contributed by atoms with E-state index >= 15 is 0 Å². The second-order valence-electron chi connectivity index (χ2n) is 5.62. The van der Waals surface area contributed by atoms with Gasteiger partial charge in [0.2, 0.25) is 0 Å². The minimum absolute atomic E-state index is 0.0774. The first-order valence-electron chi connectivity index (χ1n) is 6.39. The summed E-state index contributed by atoms with van der Waals surface area (Å²) in [5, 5.41) is 11.4. The van der Waals surface area contributed by atoms with E-state index in [-0.39, 0.29) is 24.5 Å². The molecule has 106 valence electrons.